The van der Waals surface area contributed by atoms with E-state index in [0.717, 1.165) is 29.9 Å². The summed E-state index contributed by atoms with van der Waals surface area (Å²) in [6, 6.07) is 14.9. The van der Waals surface area contributed by atoms with Crippen LogP contribution in [-0.2, 0) is 16.9 Å². The van der Waals surface area contributed by atoms with E-state index in [1.54, 1.807) is 12.1 Å². The van der Waals surface area contributed by atoms with Gasteiger partial charge in [-0.1, -0.05) is 49.2 Å². The van der Waals surface area contributed by atoms with Gasteiger partial charge in [0.1, 0.15) is 16.1 Å². The quantitative estimate of drug-likeness (QED) is 0.524. The van der Waals surface area contributed by atoms with E-state index in [0.29, 0.717) is 0 Å². The first-order valence-corrected chi connectivity index (χ1v) is 10.7. The molecule has 1 aliphatic rings. The van der Waals surface area contributed by atoms with Crippen molar-refractivity contribution in [2.45, 2.75) is 56.7 Å². The van der Waals surface area contributed by atoms with Gasteiger partial charge in [0.15, 0.2) is 0 Å². The number of hydrogen-bond acceptors (Lipinski definition) is 3. The molecule has 0 saturated heterocycles. The second kappa shape index (κ2) is 7.82. The molecular weight excluding hydrogens is 359 g/mol. The van der Waals surface area contributed by atoms with Crippen molar-refractivity contribution in [2.24, 2.45) is 5.92 Å². The Morgan fingerprint density at radius 2 is 1.78 bits per heavy atom. The van der Waals surface area contributed by atoms with Crippen LogP contribution >= 0.6 is 0 Å². The lowest BCUT2D eigenvalue weighted by molar-refractivity contribution is 0.401. The number of nitrogens with two attached hydrogens (primary N) is 1. The summed E-state index contributed by atoms with van der Waals surface area (Å²) in [5.41, 5.74) is 7.21. The summed E-state index contributed by atoms with van der Waals surface area (Å²) < 4.78 is 30.0. The molecule has 0 aliphatic heterocycles. The van der Waals surface area contributed by atoms with Gasteiger partial charge in [0.2, 0.25) is 0 Å². The third-order valence-electron chi connectivity index (χ3n) is 5.20. The predicted octanol–water partition coefficient (Wildman–Crippen LogP) is 4.89. The Balaban J connectivity index is 2.11. The summed E-state index contributed by atoms with van der Waals surface area (Å²) in [6.07, 6.45) is 4.31. The standard InChI is InChI=1S/C22H29FN2OS/c1-21(2,3)27(26)25-22(14-13-16-9-10-16,17-7-5-4-6-8-17)18-11-12-19(23)20(24)15-18/h4-8,11-12,15-16,25H,9-10,13-14,24H2,1-3H3/t22-,27?/m1/s1. The van der Waals surface area contributed by atoms with Crippen LogP contribution in [0.5, 0.6) is 0 Å². The number of nitrogens with one attached hydrogen (secondary N) is 1. The van der Waals surface area contributed by atoms with Crippen LogP contribution in [0.1, 0.15) is 57.6 Å². The summed E-state index contributed by atoms with van der Waals surface area (Å²) in [7, 11) is 0. The number of anilines is 1. The molecule has 2 aromatic rings. The van der Waals surface area contributed by atoms with E-state index in [1.807, 2.05) is 51.1 Å². The van der Waals surface area contributed by atoms with Crippen molar-refractivity contribution in [1.29, 1.82) is 0 Å². The zero-order valence-electron chi connectivity index (χ0n) is 16.3. The minimum atomic E-state index is -1.30. The van der Waals surface area contributed by atoms with E-state index in [-0.39, 0.29) is 5.69 Å². The van der Waals surface area contributed by atoms with Gasteiger partial charge in [-0.25, -0.2) is 4.39 Å². The Kier molecular flexibility index (Phi) is 5.84. The fraction of sp³-hybridized carbons (Fsp3) is 0.455. The van der Waals surface area contributed by atoms with Crippen LogP contribution < -0.4 is 10.5 Å². The molecule has 0 spiro atoms. The van der Waals surface area contributed by atoms with Gasteiger partial charge in [0.05, 0.1) is 5.69 Å². The molecule has 3 rings (SSSR count). The first kappa shape index (κ1) is 20.2. The Bertz CT molecular complexity index is 774. The molecule has 0 heterocycles. The van der Waals surface area contributed by atoms with E-state index in [4.69, 9.17) is 5.73 Å². The summed E-state index contributed by atoms with van der Waals surface area (Å²) in [5, 5.41) is 0. The minimum absolute atomic E-state index is 0.113. The van der Waals surface area contributed by atoms with Crippen molar-refractivity contribution >= 4 is 17.0 Å². The molecular formula is C22H29FN2OS. The molecule has 0 radical (unpaired) electrons. The van der Waals surface area contributed by atoms with E-state index in [2.05, 4.69) is 4.72 Å². The molecule has 2 aromatic carbocycles. The van der Waals surface area contributed by atoms with Gasteiger partial charge in [0, 0.05) is 11.4 Å². The summed E-state index contributed by atoms with van der Waals surface area (Å²) >= 11 is -1.30. The maximum absolute atomic E-state index is 13.9. The SMILES string of the molecule is CC(C)(C)[S+]([O-])N[C@](CCC1CC1)(c1ccccc1)c1ccc(F)c(N)c1. The lowest BCUT2D eigenvalue weighted by Crippen LogP contribution is -2.52. The fourth-order valence-corrected chi connectivity index (χ4v) is 4.26. The number of rotatable bonds is 7. The highest BCUT2D eigenvalue weighted by Crippen LogP contribution is 2.42. The average molecular weight is 389 g/mol. The molecule has 2 atom stereocenters. The molecule has 0 aromatic heterocycles. The van der Waals surface area contributed by atoms with Gasteiger partial charge < -0.3 is 10.3 Å². The van der Waals surface area contributed by atoms with Crippen molar-refractivity contribution in [3.05, 3.63) is 65.5 Å². The number of nitrogen functional groups attached to an aromatic ring is 1. The molecule has 1 fully saturated rings. The van der Waals surface area contributed by atoms with E-state index in [9.17, 15) is 8.94 Å². The Hall–Kier alpha value is -1.56. The second-order valence-electron chi connectivity index (χ2n) is 8.47. The zero-order chi connectivity index (χ0) is 19.7. The molecule has 3 nitrogen and oxygen atoms in total. The molecule has 5 heteroatoms. The van der Waals surface area contributed by atoms with Crippen molar-refractivity contribution in [3.63, 3.8) is 0 Å². The number of halogens is 1. The van der Waals surface area contributed by atoms with Crippen LogP contribution in [0.15, 0.2) is 48.5 Å². The molecule has 1 aliphatic carbocycles. The van der Waals surface area contributed by atoms with Crippen LogP contribution in [0.2, 0.25) is 0 Å². The summed E-state index contributed by atoms with van der Waals surface area (Å²) in [6.45, 7) is 5.85. The first-order valence-electron chi connectivity index (χ1n) is 9.53. The lowest BCUT2D eigenvalue weighted by Gasteiger charge is -2.39. The highest BCUT2D eigenvalue weighted by atomic mass is 32.2. The predicted molar refractivity (Wildman–Crippen MR) is 111 cm³/mol. The average Bonchev–Trinajstić information content (AvgIpc) is 3.45. The second-order valence-corrected chi connectivity index (χ2v) is 10.4. The Morgan fingerprint density at radius 1 is 1.11 bits per heavy atom. The van der Waals surface area contributed by atoms with Crippen LogP contribution in [-0.4, -0.2) is 9.30 Å². The highest BCUT2D eigenvalue weighted by molar-refractivity contribution is 7.90. The van der Waals surface area contributed by atoms with E-state index >= 15 is 0 Å². The minimum Gasteiger partial charge on any atom is -0.598 e. The zero-order valence-corrected chi connectivity index (χ0v) is 17.1. The van der Waals surface area contributed by atoms with Crippen LogP contribution in [0.4, 0.5) is 10.1 Å². The highest BCUT2D eigenvalue weighted by Gasteiger charge is 2.43. The van der Waals surface area contributed by atoms with Crippen molar-refractivity contribution in [3.8, 4) is 0 Å². The van der Waals surface area contributed by atoms with Crippen LogP contribution in [0.3, 0.4) is 0 Å². The van der Waals surface area contributed by atoms with Crippen molar-refractivity contribution in [2.75, 3.05) is 5.73 Å². The third kappa shape index (κ3) is 4.65. The Labute approximate surface area is 164 Å². The fourth-order valence-electron chi connectivity index (χ4n) is 3.29. The molecule has 1 saturated carbocycles. The molecule has 0 amide bonds. The maximum atomic E-state index is 13.9. The van der Waals surface area contributed by atoms with E-state index < -0.39 is 27.5 Å². The smallest absolute Gasteiger partial charge is 0.146 e. The van der Waals surface area contributed by atoms with E-state index in [1.165, 1.54) is 18.9 Å². The summed E-state index contributed by atoms with van der Waals surface area (Å²) in [5.74, 6) is 0.288. The molecule has 1 unspecified atom stereocenters. The number of hydrogen-bond donors (Lipinski definition) is 2. The van der Waals surface area contributed by atoms with Gasteiger partial charge >= 0.3 is 0 Å². The number of benzene rings is 2. The largest absolute Gasteiger partial charge is 0.598 e. The Morgan fingerprint density at radius 3 is 2.33 bits per heavy atom. The van der Waals surface area contributed by atoms with Crippen molar-refractivity contribution < 1.29 is 8.94 Å². The summed E-state index contributed by atoms with van der Waals surface area (Å²) in [4.78, 5) is 0. The molecule has 0 bridgehead atoms. The van der Waals surface area contributed by atoms with Gasteiger partial charge in [-0.15, -0.1) is 4.72 Å². The third-order valence-corrected chi connectivity index (χ3v) is 6.85. The van der Waals surface area contributed by atoms with Gasteiger partial charge in [-0.2, -0.15) is 0 Å². The maximum Gasteiger partial charge on any atom is 0.146 e. The topological polar surface area (TPSA) is 61.1 Å². The van der Waals surface area contributed by atoms with Crippen LogP contribution in [0.25, 0.3) is 0 Å². The molecule has 3 N–H and O–H groups in total. The van der Waals surface area contributed by atoms with Crippen LogP contribution in [0, 0.1) is 11.7 Å². The van der Waals surface area contributed by atoms with Crippen molar-refractivity contribution in [1.82, 2.24) is 4.72 Å². The molecule has 146 valence electrons. The van der Waals surface area contributed by atoms with Gasteiger partial charge in [0.25, 0.3) is 0 Å². The van der Waals surface area contributed by atoms with Gasteiger partial charge in [-0.05, 0) is 62.8 Å². The first-order chi connectivity index (χ1) is 12.7. The normalized spacial score (nSPS) is 18.1. The molecule has 27 heavy (non-hydrogen) atoms. The monoisotopic (exact) mass is 388 g/mol. The van der Waals surface area contributed by atoms with Gasteiger partial charge in [-0.3, -0.25) is 0 Å². The lowest BCUT2D eigenvalue weighted by atomic mass is 9.79.